The Kier molecular flexibility index (Phi) is 6.43. The largest absolute Gasteiger partial charge is 0.495 e. The van der Waals surface area contributed by atoms with E-state index in [1.165, 1.54) is 11.8 Å². The Morgan fingerprint density at radius 2 is 1.74 bits per heavy atom. The first kappa shape index (κ1) is 20.8. The molecule has 1 saturated heterocycles. The van der Waals surface area contributed by atoms with Crippen LogP contribution in [0.1, 0.15) is 10.9 Å². The van der Waals surface area contributed by atoms with Gasteiger partial charge in [0.15, 0.2) is 6.61 Å². The summed E-state index contributed by atoms with van der Waals surface area (Å²) in [5.41, 5.74) is 2.20. The van der Waals surface area contributed by atoms with Crippen LogP contribution in [0.4, 0.5) is 11.4 Å². The van der Waals surface area contributed by atoms with E-state index in [9.17, 15) is 9.59 Å². The highest BCUT2D eigenvalue weighted by Gasteiger charge is 2.36. The van der Waals surface area contributed by atoms with E-state index in [0.717, 1.165) is 5.56 Å². The SMILES string of the molecule is COc1ccccc1N1C(=O)CSC1c1ccccc1NC(=O)COc1ccccc1. The monoisotopic (exact) mass is 434 g/mol. The zero-order valence-electron chi connectivity index (χ0n) is 17.0. The van der Waals surface area contributed by atoms with Crippen LogP contribution in [0.25, 0.3) is 0 Å². The van der Waals surface area contributed by atoms with Gasteiger partial charge in [0.2, 0.25) is 5.91 Å². The van der Waals surface area contributed by atoms with Crippen LogP contribution in [0.15, 0.2) is 78.9 Å². The second-order valence-corrected chi connectivity index (χ2v) is 7.90. The van der Waals surface area contributed by atoms with Crippen molar-refractivity contribution in [2.75, 3.05) is 29.7 Å². The van der Waals surface area contributed by atoms with E-state index in [1.807, 2.05) is 66.7 Å². The van der Waals surface area contributed by atoms with Gasteiger partial charge in [-0.1, -0.05) is 48.5 Å². The molecule has 1 fully saturated rings. The van der Waals surface area contributed by atoms with Crippen LogP contribution in [-0.4, -0.2) is 31.3 Å². The van der Waals surface area contributed by atoms with Gasteiger partial charge in [-0.25, -0.2) is 0 Å². The van der Waals surface area contributed by atoms with Crippen LogP contribution in [0.2, 0.25) is 0 Å². The second-order valence-electron chi connectivity index (χ2n) is 6.84. The molecule has 0 aliphatic carbocycles. The quantitative estimate of drug-likeness (QED) is 0.593. The number of para-hydroxylation sites is 4. The van der Waals surface area contributed by atoms with E-state index >= 15 is 0 Å². The zero-order valence-corrected chi connectivity index (χ0v) is 17.8. The standard InChI is InChI=1S/C24H22N2O4S/c1-29-21-14-8-7-13-20(21)26-23(28)16-31-24(26)18-11-5-6-12-19(18)25-22(27)15-30-17-9-3-2-4-10-17/h2-14,24H,15-16H2,1H3,(H,25,27). The summed E-state index contributed by atoms with van der Waals surface area (Å²) in [5.74, 6) is 1.33. The fourth-order valence-corrected chi connectivity index (χ4v) is 4.63. The summed E-state index contributed by atoms with van der Waals surface area (Å²) in [4.78, 5) is 27.0. The average Bonchev–Trinajstić information content (AvgIpc) is 3.19. The summed E-state index contributed by atoms with van der Waals surface area (Å²) < 4.78 is 11.0. The maximum atomic E-state index is 12.8. The molecule has 158 valence electrons. The van der Waals surface area contributed by atoms with Gasteiger partial charge in [-0.15, -0.1) is 11.8 Å². The first-order valence-electron chi connectivity index (χ1n) is 9.80. The molecule has 0 saturated carbocycles. The number of hydrogen-bond acceptors (Lipinski definition) is 5. The minimum atomic E-state index is -0.282. The number of benzene rings is 3. The third-order valence-electron chi connectivity index (χ3n) is 4.83. The molecule has 3 aromatic rings. The number of amides is 2. The molecule has 6 nitrogen and oxygen atoms in total. The van der Waals surface area contributed by atoms with E-state index < -0.39 is 0 Å². The Balaban J connectivity index is 1.56. The van der Waals surface area contributed by atoms with E-state index in [0.29, 0.717) is 28.6 Å². The number of nitrogens with one attached hydrogen (secondary N) is 1. The molecule has 1 aliphatic rings. The summed E-state index contributed by atoms with van der Waals surface area (Å²) in [7, 11) is 1.59. The lowest BCUT2D eigenvalue weighted by Crippen LogP contribution is -2.29. The molecule has 1 heterocycles. The summed E-state index contributed by atoms with van der Waals surface area (Å²) in [5, 5.41) is 2.64. The highest BCUT2D eigenvalue weighted by Crippen LogP contribution is 2.46. The van der Waals surface area contributed by atoms with Crippen molar-refractivity contribution in [1.29, 1.82) is 0 Å². The molecule has 0 aromatic heterocycles. The average molecular weight is 435 g/mol. The van der Waals surface area contributed by atoms with Crippen molar-refractivity contribution in [3.8, 4) is 11.5 Å². The van der Waals surface area contributed by atoms with Gasteiger partial charge < -0.3 is 14.8 Å². The zero-order chi connectivity index (χ0) is 21.6. The van der Waals surface area contributed by atoms with Crippen LogP contribution < -0.4 is 19.7 Å². The molecule has 1 aliphatic heterocycles. The molecule has 0 bridgehead atoms. The van der Waals surface area contributed by atoms with Crippen molar-refractivity contribution >= 4 is 35.0 Å². The van der Waals surface area contributed by atoms with Crippen molar-refractivity contribution in [2.45, 2.75) is 5.37 Å². The second kappa shape index (κ2) is 9.57. The molecule has 4 rings (SSSR count). The Labute approximate surface area is 185 Å². The first-order chi connectivity index (χ1) is 15.2. The van der Waals surface area contributed by atoms with Crippen molar-refractivity contribution in [3.63, 3.8) is 0 Å². The van der Waals surface area contributed by atoms with Crippen molar-refractivity contribution in [1.82, 2.24) is 0 Å². The Morgan fingerprint density at radius 3 is 2.55 bits per heavy atom. The van der Waals surface area contributed by atoms with Crippen LogP contribution >= 0.6 is 11.8 Å². The van der Waals surface area contributed by atoms with Crippen LogP contribution in [-0.2, 0) is 9.59 Å². The van der Waals surface area contributed by atoms with Crippen LogP contribution in [0.3, 0.4) is 0 Å². The summed E-state index contributed by atoms with van der Waals surface area (Å²) >= 11 is 1.52. The number of carbonyl (C=O) groups excluding carboxylic acids is 2. The van der Waals surface area contributed by atoms with Gasteiger partial charge in [-0.3, -0.25) is 14.5 Å². The van der Waals surface area contributed by atoms with Gasteiger partial charge in [0.25, 0.3) is 5.91 Å². The molecular weight excluding hydrogens is 412 g/mol. The van der Waals surface area contributed by atoms with Gasteiger partial charge in [0, 0.05) is 11.3 Å². The minimum absolute atomic E-state index is 0.00644. The molecule has 31 heavy (non-hydrogen) atoms. The molecule has 1 unspecified atom stereocenters. The van der Waals surface area contributed by atoms with Crippen molar-refractivity contribution in [2.24, 2.45) is 0 Å². The molecule has 2 amide bonds. The Morgan fingerprint density at radius 1 is 1.03 bits per heavy atom. The molecule has 7 heteroatoms. The van der Waals surface area contributed by atoms with Crippen LogP contribution in [0.5, 0.6) is 11.5 Å². The molecule has 0 spiro atoms. The summed E-state index contributed by atoms with van der Waals surface area (Å²) in [6.45, 7) is -0.106. The Hall–Kier alpha value is -3.45. The fraction of sp³-hybridized carbons (Fsp3) is 0.167. The number of thioether (sulfide) groups is 1. The minimum Gasteiger partial charge on any atom is -0.495 e. The number of methoxy groups -OCH3 is 1. The highest BCUT2D eigenvalue weighted by molar-refractivity contribution is 8.00. The predicted octanol–water partition coefficient (Wildman–Crippen LogP) is 4.49. The normalized spacial score (nSPS) is 15.6. The van der Waals surface area contributed by atoms with E-state index in [2.05, 4.69) is 5.32 Å². The lowest BCUT2D eigenvalue weighted by Gasteiger charge is -2.27. The van der Waals surface area contributed by atoms with Crippen molar-refractivity contribution in [3.05, 3.63) is 84.4 Å². The molecule has 0 radical (unpaired) electrons. The number of anilines is 2. The van der Waals surface area contributed by atoms with Gasteiger partial charge in [0.05, 0.1) is 18.6 Å². The number of carbonyl (C=O) groups is 2. The van der Waals surface area contributed by atoms with E-state index in [1.54, 1.807) is 24.1 Å². The number of nitrogens with zero attached hydrogens (tertiary/aromatic N) is 1. The maximum Gasteiger partial charge on any atom is 0.262 e. The summed E-state index contributed by atoms with van der Waals surface area (Å²) in [6.07, 6.45) is 0. The Bertz CT molecular complexity index is 1070. The van der Waals surface area contributed by atoms with Crippen LogP contribution in [0, 0.1) is 0 Å². The number of ether oxygens (including phenoxy) is 2. The number of hydrogen-bond donors (Lipinski definition) is 1. The summed E-state index contributed by atoms with van der Waals surface area (Å²) in [6, 6.07) is 24.1. The topological polar surface area (TPSA) is 67.9 Å². The van der Waals surface area contributed by atoms with Gasteiger partial charge in [-0.05, 0) is 30.3 Å². The fourth-order valence-electron chi connectivity index (χ4n) is 3.42. The van der Waals surface area contributed by atoms with Gasteiger partial charge in [0.1, 0.15) is 16.9 Å². The lowest BCUT2D eigenvalue weighted by atomic mass is 10.1. The van der Waals surface area contributed by atoms with E-state index in [-0.39, 0.29) is 23.8 Å². The lowest BCUT2D eigenvalue weighted by molar-refractivity contribution is -0.118. The number of rotatable bonds is 7. The molecule has 3 aromatic carbocycles. The first-order valence-corrected chi connectivity index (χ1v) is 10.9. The molecule has 1 atom stereocenters. The van der Waals surface area contributed by atoms with Crippen molar-refractivity contribution < 1.29 is 19.1 Å². The highest BCUT2D eigenvalue weighted by atomic mass is 32.2. The molecular formula is C24H22N2O4S. The van der Waals surface area contributed by atoms with E-state index in [4.69, 9.17) is 9.47 Å². The van der Waals surface area contributed by atoms with Gasteiger partial charge in [-0.2, -0.15) is 0 Å². The smallest absolute Gasteiger partial charge is 0.262 e. The molecule has 1 N–H and O–H groups in total. The third kappa shape index (κ3) is 4.67. The van der Waals surface area contributed by atoms with Gasteiger partial charge >= 0.3 is 0 Å². The third-order valence-corrected chi connectivity index (χ3v) is 6.02. The predicted molar refractivity (Wildman–Crippen MR) is 123 cm³/mol. The maximum absolute atomic E-state index is 12.8.